The van der Waals surface area contributed by atoms with Crippen molar-refractivity contribution in [1.82, 2.24) is 10.2 Å². The van der Waals surface area contributed by atoms with Crippen LogP contribution in [0.1, 0.15) is 25.3 Å². The first kappa shape index (κ1) is 17.9. The first-order valence-corrected chi connectivity index (χ1v) is 8.43. The number of nitrogens with one attached hydrogen (secondary N) is 1. The van der Waals surface area contributed by atoms with Crippen LogP contribution in [0.3, 0.4) is 0 Å². The van der Waals surface area contributed by atoms with E-state index in [-0.39, 0.29) is 24.3 Å². The monoisotopic (exact) mass is 418 g/mol. The first-order chi connectivity index (χ1) is 12.5. The number of aromatic nitrogens is 2. The van der Waals surface area contributed by atoms with Crippen LogP contribution in [0, 0.1) is 0 Å². The minimum absolute atomic E-state index is 0.0379. The van der Waals surface area contributed by atoms with E-state index in [1.54, 1.807) is 24.3 Å². The summed E-state index contributed by atoms with van der Waals surface area (Å²) in [6.45, 7) is 3.31. The third kappa shape index (κ3) is 4.57. The number of rotatable bonds is 6. The van der Waals surface area contributed by atoms with Gasteiger partial charge in [-0.15, -0.1) is 10.2 Å². The summed E-state index contributed by atoms with van der Waals surface area (Å²) in [6.07, 6.45) is 0. The Balaban J connectivity index is 1.58. The topological polar surface area (TPSA) is 103 Å². The lowest BCUT2D eigenvalue weighted by molar-refractivity contribution is -0.114. The van der Waals surface area contributed by atoms with Gasteiger partial charge in [0.25, 0.3) is 11.8 Å². The fourth-order valence-electron chi connectivity index (χ4n) is 2.08. The SMILES string of the molecule is CC(=O)Nc1ccc(/C(C)=N/OCc2nnc(-c3ccc(Br)o3)o2)cc1. The van der Waals surface area contributed by atoms with Gasteiger partial charge in [-0.25, -0.2) is 0 Å². The molecule has 0 fully saturated rings. The van der Waals surface area contributed by atoms with E-state index < -0.39 is 0 Å². The maximum absolute atomic E-state index is 11.0. The Bertz CT molecular complexity index is 930. The van der Waals surface area contributed by atoms with E-state index in [9.17, 15) is 4.79 Å². The Morgan fingerprint density at radius 3 is 2.58 bits per heavy atom. The highest BCUT2D eigenvalue weighted by Crippen LogP contribution is 2.23. The van der Waals surface area contributed by atoms with E-state index in [0.29, 0.717) is 16.1 Å². The maximum atomic E-state index is 11.0. The molecule has 1 amide bonds. The van der Waals surface area contributed by atoms with Gasteiger partial charge in [-0.1, -0.05) is 17.3 Å². The van der Waals surface area contributed by atoms with E-state index in [2.05, 4.69) is 36.6 Å². The van der Waals surface area contributed by atoms with Gasteiger partial charge in [0, 0.05) is 12.6 Å². The lowest BCUT2D eigenvalue weighted by Crippen LogP contribution is -2.06. The van der Waals surface area contributed by atoms with E-state index >= 15 is 0 Å². The molecule has 0 saturated heterocycles. The smallest absolute Gasteiger partial charge is 0.283 e. The van der Waals surface area contributed by atoms with Crippen LogP contribution in [0.15, 0.2) is 55.1 Å². The van der Waals surface area contributed by atoms with E-state index in [0.717, 1.165) is 11.3 Å². The molecule has 0 bridgehead atoms. The number of carbonyl (C=O) groups excluding carboxylic acids is 1. The van der Waals surface area contributed by atoms with Crippen molar-refractivity contribution in [3.8, 4) is 11.7 Å². The number of hydrogen-bond acceptors (Lipinski definition) is 7. The molecule has 1 N–H and O–H groups in total. The lowest BCUT2D eigenvalue weighted by Gasteiger charge is -2.04. The number of hydrogen-bond donors (Lipinski definition) is 1. The van der Waals surface area contributed by atoms with Crippen molar-refractivity contribution in [2.24, 2.45) is 5.16 Å². The summed E-state index contributed by atoms with van der Waals surface area (Å²) in [4.78, 5) is 16.3. The highest BCUT2D eigenvalue weighted by molar-refractivity contribution is 9.10. The minimum atomic E-state index is -0.118. The van der Waals surface area contributed by atoms with Crippen LogP contribution in [-0.2, 0) is 16.2 Å². The predicted molar refractivity (Wildman–Crippen MR) is 97.4 cm³/mol. The average molecular weight is 419 g/mol. The van der Waals surface area contributed by atoms with Gasteiger partial charge in [-0.2, -0.15) is 0 Å². The zero-order chi connectivity index (χ0) is 18.5. The number of oxime groups is 1. The highest BCUT2D eigenvalue weighted by Gasteiger charge is 2.12. The van der Waals surface area contributed by atoms with E-state index in [1.165, 1.54) is 6.92 Å². The number of furan rings is 1. The molecule has 2 heterocycles. The molecule has 3 aromatic rings. The summed E-state index contributed by atoms with van der Waals surface area (Å²) in [6, 6.07) is 10.7. The molecule has 0 radical (unpaired) electrons. The number of halogens is 1. The molecular formula is C17H15BrN4O4. The summed E-state index contributed by atoms with van der Waals surface area (Å²) in [5.74, 6) is 0.899. The molecule has 1 aromatic carbocycles. The second-order valence-electron chi connectivity index (χ2n) is 5.31. The second kappa shape index (κ2) is 7.96. The summed E-state index contributed by atoms with van der Waals surface area (Å²) in [5.41, 5.74) is 2.26. The standard InChI is InChI=1S/C17H15BrN4O4/c1-10(12-3-5-13(6-4-12)19-11(2)23)22-24-9-16-20-21-17(26-16)14-7-8-15(18)25-14/h3-8H,9H2,1-2H3,(H,19,23)/b22-10+. The molecular weight excluding hydrogens is 404 g/mol. The summed E-state index contributed by atoms with van der Waals surface area (Å²) >= 11 is 3.21. The van der Waals surface area contributed by atoms with Gasteiger partial charge in [0.2, 0.25) is 5.91 Å². The second-order valence-corrected chi connectivity index (χ2v) is 6.09. The van der Waals surface area contributed by atoms with Gasteiger partial charge < -0.3 is 19.0 Å². The molecule has 3 rings (SSSR count). The molecule has 0 atom stereocenters. The van der Waals surface area contributed by atoms with Gasteiger partial charge in [-0.05, 0) is 52.7 Å². The van der Waals surface area contributed by atoms with Gasteiger partial charge >= 0.3 is 0 Å². The number of benzene rings is 1. The normalized spacial score (nSPS) is 11.4. The quantitative estimate of drug-likeness (QED) is 0.479. The van der Waals surface area contributed by atoms with Crippen molar-refractivity contribution >= 4 is 33.2 Å². The fraction of sp³-hybridized carbons (Fsp3) is 0.176. The Morgan fingerprint density at radius 2 is 1.92 bits per heavy atom. The van der Waals surface area contributed by atoms with Crippen LogP contribution < -0.4 is 5.32 Å². The number of amides is 1. The van der Waals surface area contributed by atoms with Crippen molar-refractivity contribution in [2.75, 3.05) is 5.32 Å². The fourth-order valence-corrected chi connectivity index (χ4v) is 2.38. The van der Waals surface area contributed by atoms with Gasteiger partial charge in [0.05, 0.1) is 5.71 Å². The molecule has 8 nitrogen and oxygen atoms in total. The zero-order valence-electron chi connectivity index (χ0n) is 14.0. The van der Waals surface area contributed by atoms with Crippen LogP contribution in [0.4, 0.5) is 5.69 Å². The third-order valence-electron chi connectivity index (χ3n) is 3.26. The van der Waals surface area contributed by atoms with Crippen molar-refractivity contribution in [1.29, 1.82) is 0 Å². The number of carbonyl (C=O) groups is 1. The predicted octanol–water partition coefficient (Wildman–Crippen LogP) is 3.99. The van der Waals surface area contributed by atoms with E-state index in [1.807, 2.05) is 19.1 Å². The molecule has 0 aliphatic carbocycles. The molecule has 2 aromatic heterocycles. The molecule has 9 heteroatoms. The van der Waals surface area contributed by atoms with Gasteiger partial charge in [0.15, 0.2) is 17.0 Å². The molecule has 0 unspecified atom stereocenters. The average Bonchev–Trinajstić information content (AvgIpc) is 3.24. The first-order valence-electron chi connectivity index (χ1n) is 7.64. The van der Waals surface area contributed by atoms with Crippen molar-refractivity contribution < 1.29 is 18.5 Å². The molecule has 0 saturated carbocycles. The largest absolute Gasteiger partial charge is 0.444 e. The van der Waals surface area contributed by atoms with Gasteiger partial charge in [0.1, 0.15) is 0 Å². The van der Waals surface area contributed by atoms with Gasteiger partial charge in [-0.3, -0.25) is 4.79 Å². The molecule has 26 heavy (non-hydrogen) atoms. The van der Waals surface area contributed by atoms with Crippen molar-refractivity contribution in [2.45, 2.75) is 20.5 Å². The summed E-state index contributed by atoms with van der Waals surface area (Å²) in [5, 5.41) is 14.5. The van der Waals surface area contributed by atoms with E-state index in [4.69, 9.17) is 13.7 Å². The number of nitrogens with zero attached hydrogens (tertiary/aromatic N) is 3. The zero-order valence-corrected chi connectivity index (χ0v) is 15.6. The van der Waals surface area contributed by atoms with Crippen LogP contribution in [0.2, 0.25) is 0 Å². The Kier molecular flexibility index (Phi) is 5.47. The van der Waals surface area contributed by atoms with Crippen LogP contribution in [0.5, 0.6) is 0 Å². The Morgan fingerprint density at radius 1 is 1.15 bits per heavy atom. The third-order valence-corrected chi connectivity index (χ3v) is 3.69. The molecule has 0 aliphatic rings. The number of anilines is 1. The lowest BCUT2D eigenvalue weighted by atomic mass is 10.1. The summed E-state index contributed by atoms with van der Waals surface area (Å²) in [7, 11) is 0. The molecule has 134 valence electrons. The Hall–Kier alpha value is -2.94. The van der Waals surface area contributed by atoms with Crippen LogP contribution in [0.25, 0.3) is 11.7 Å². The van der Waals surface area contributed by atoms with Crippen molar-refractivity contribution in [3.05, 3.63) is 52.5 Å². The molecule has 0 spiro atoms. The Labute approximate surface area is 157 Å². The highest BCUT2D eigenvalue weighted by atomic mass is 79.9. The summed E-state index contributed by atoms with van der Waals surface area (Å²) < 4.78 is 11.4. The molecule has 0 aliphatic heterocycles. The maximum Gasteiger partial charge on any atom is 0.283 e. The minimum Gasteiger partial charge on any atom is -0.444 e. The van der Waals surface area contributed by atoms with Crippen LogP contribution >= 0.6 is 15.9 Å². The van der Waals surface area contributed by atoms with Crippen LogP contribution in [-0.4, -0.2) is 21.8 Å². The van der Waals surface area contributed by atoms with Crippen molar-refractivity contribution in [3.63, 3.8) is 0 Å².